The quantitative estimate of drug-likeness (QED) is 0.835. The summed E-state index contributed by atoms with van der Waals surface area (Å²) < 4.78 is 0. The summed E-state index contributed by atoms with van der Waals surface area (Å²) in [4.78, 5) is 25.7. The summed E-state index contributed by atoms with van der Waals surface area (Å²) in [6, 6.07) is 6.77. The van der Waals surface area contributed by atoms with E-state index in [9.17, 15) is 9.59 Å². The standard InChI is InChI=1S/C15H19ClN2O3/c16-12-4-1-3-11(9-12)15(21)17-10-14(20)18(7-8-19)13-5-2-6-13/h1,3-4,9,13,19H,2,5-8,10H2,(H,17,21). The molecule has 21 heavy (non-hydrogen) atoms. The highest BCUT2D eigenvalue weighted by molar-refractivity contribution is 6.30. The van der Waals surface area contributed by atoms with Gasteiger partial charge in [0.05, 0.1) is 13.2 Å². The second-order valence-corrected chi connectivity index (χ2v) is 5.52. The molecule has 0 atom stereocenters. The molecular formula is C15H19ClN2O3. The topological polar surface area (TPSA) is 69.6 Å². The number of benzene rings is 1. The van der Waals surface area contributed by atoms with E-state index >= 15 is 0 Å². The number of carbonyl (C=O) groups excluding carboxylic acids is 2. The summed E-state index contributed by atoms with van der Waals surface area (Å²) in [5.41, 5.74) is 0.424. The molecule has 1 aliphatic rings. The Morgan fingerprint density at radius 2 is 2.14 bits per heavy atom. The van der Waals surface area contributed by atoms with Gasteiger partial charge in [0, 0.05) is 23.2 Å². The molecule has 0 unspecified atom stereocenters. The molecule has 0 bridgehead atoms. The predicted molar refractivity (Wildman–Crippen MR) is 80.2 cm³/mol. The average molecular weight is 311 g/mol. The first-order valence-corrected chi connectivity index (χ1v) is 7.43. The zero-order valence-electron chi connectivity index (χ0n) is 11.7. The summed E-state index contributed by atoms with van der Waals surface area (Å²) in [7, 11) is 0. The Kier molecular flexibility index (Phi) is 5.59. The van der Waals surface area contributed by atoms with Crippen LogP contribution in [0.2, 0.25) is 5.02 Å². The van der Waals surface area contributed by atoms with Crippen LogP contribution in [0.4, 0.5) is 0 Å². The van der Waals surface area contributed by atoms with Crippen molar-refractivity contribution in [2.24, 2.45) is 0 Å². The van der Waals surface area contributed by atoms with Crippen molar-refractivity contribution in [3.63, 3.8) is 0 Å². The Labute approximate surface area is 128 Å². The fourth-order valence-corrected chi connectivity index (χ4v) is 2.50. The zero-order valence-corrected chi connectivity index (χ0v) is 12.5. The number of halogens is 1. The van der Waals surface area contributed by atoms with Crippen molar-refractivity contribution in [2.75, 3.05) is 19.7 Å². The van der Waals surface area contributed by atoms with Crippen molar-refractivity contribution in [2.45, 2.75) is 25.3 Å². The molecule has 1 aromatic rings. The normalized spacial score (nSPS) is 14.4. The van der Waals surface area contributed by atoms with E-state index in [2.05, 4.69) is 5.32 Å². The van der Waals surface area contributed by atoms with Gasteiger partial charge in [0.1, 0.15) is 0 Å². The fraction of sp³-hybridized carbons (Fsp3) is 0.467. The van der Waals surface area contributed by atoms with E-state index in [4.69, 9.17) is 16.7 Å². The van der Waals surface area contributed by atoms with Gasteiger partial charge in [-0.25, -0.2) is 0 Å². The van der Waals surface area contributed by atoms with Gasteiger partial charge >= 0.3 is 0 Å². The van der Waals surface area contributed by atoms with Gasteiger partial charge in [-0.1, -0.05) is 17.7 Å². The molecule has 1 saturated carbocycles. The molecule has 0 saturated heterocycles. The molecule has 5 nitrogen and oxygen atoms in total. The number of nitrogens with zero attached hydrogens (tertiary/aromatic N) is 1. The van der Waals surface area contributed by atoms with Crippen molar-refractivity contribution >= 4 is 23.4 Å². The van der Waals surface area contributed by atoms with E-state index in [0.717, 1.165) is 19.3 Å². The molecule has 0 spiro atoms. The smallest absolute Gasteiger partial charge is 0.251 e. The molecule has 6 heteroatoms. The predicted octanol–water partition coefficient (Wildman–Crippen LogP) is 1.44. The summed E-state index contributed by atoms with van der Waals surface area (Å²) >= 11 is 5.83. The summed E-state index contributed by atoms with van der Waals surface area (Å²) in [5, 5.41) is 12.1. The second kappa shape index (κ2) is 7.43. The van der Waals surface area contributed by atoms with Gasteiger partial charge in [-0.3, -0.25) is 9.59 Å². The molecule has 0 aliphatic heterocycles. The number of hydrogen-bond donors (Lipinski definition) is 2. The Morgan fingerprint density at radius 1 is 1.38 bits per heavy atom. The number of nitrogens with one attached hydrogen (secondary N) is 1. The molecule has 1 fully saturated rings. The van der Waals surface area contributed by atoms with Crippen LogP contribution in [0.25, 0.3) is 0 Å². The van der Waals surface area contributed by atoms with Gasteiger partial charge in [0.15, 0.2) is 0 Å². The molecule has 114 valence electrons. The molecule has 2 N–H and O–H groups in total. The van der Waals surface area contributed by atoms with Crippen molar-refractivity contribution in [3.8, 4) is 0 Å². The highest BCUT2D eigenvalue weighted by Crippen LogP contribution is 2.24. The first-order chi connectivity index (χ1) is 10.1. The van der Waals surface area contributed by atoms with Crippen LogP contribution in [0, 0.1) is 0 Å². The summed E-state index contributed by atoms with van der Waals surface area (Å²) in [6.07, 6.45) is 3.04. The number of hydrogen-bond acceptors (Lipinski definition) is 3. The maximum Gasteiger partial charge on any atom is 0.251 e. The van der Waals surface area contributed by atoms with Crippen LogP contribution in [0.1, 0.15) is 29.6 Å². The second-order valence-electron chi connectivity index (χ2n) is 5.09. The lowest BCUT2D eigenvalue weighted by molar-refractivity contribution is -0.134. The lowest BCUT2D eigenvalue weighted by atomic mass is 9.91. The Hall–Kier alpha value is -1.59. The van der Waals surface area contributed by atoms with E-state index in [1.54, 1.807) is 29.2 Å². The van der Waals surface area contributed by atoms with Crippen LogP contribution in [0.5, 0.6) is 0 Å². The lowest BCUT2D eigenvalue weighted by Gasteiger charge is -2.37. The monoisotopic (exact) mass is 310 g/mol. The van der Waals surface area contributed by atoms with Gasteiger partial charge in [0.25, 0.3) is 5.91 Å². The van der Waals surface area contributed by atoms with Crippen molar-refractivity contribution in [3.05, 3.63) is 34.9 Å². The van der Waals surface area contributed by atoms with Gasteiger partial charge in [-0.05, 0) is 37.5 Å². The first-order valence-electron chi connectivity index (χ1n) is 7.06. The van der Waals surface area contributed by atoms with Crippen LogP contribution in [-0.2, 0) is 4.79 Å². The fourth-order valence-electron chi connectivity index (χ4n) is 2.31. The molecule has 0 heterocycles. The molecule has 1 aromatic carbocycles. The Bertz CT molecular complexity index is 517. The van der Waals surface area contributed by atoms with E-state index in [0.29, 0.717) is 17.1 Å². The van der Waals surface area contributed by atoms with Crippen molar-refractivity contribution in [1.29, 1.82) is 0 Å². The number of carbonyl (C=O) groups is 2. The van der Waals surface area contributed by atoms with E-state index in [1.807, 2.05) is 0 Å². The van der Waals surface area contributed by atoms with Gasteiger partial charge < -0.3 is 15.3 Å². The van der Waals surface area contributed by atoms with E-state index < -0.39 is 0 Å². The molecule has 0 radical (unpaired) electrons. The zero-order chi connectivity index (χ0) is 15.2. The van der Waals surface area contributed by atoms with Crippen molar-refractivity contribution < 1.29 is 14.7 Å². The number of aliphatic hydroxyl groups excluding tert-OH is 1. The summed E-state index contributed by atoms with van der Waals surface area (Å²) in [5.74, 6) is -0.493. The minimum absolute atomic E-state index is 0.0650. The third kappa shape index (κ3) is 4.19. The van der Waals surface area contributed by atoms with Crippen LogP contribution in [0.3, 0.4) is 0 Å². The highest BCUT2D eigenvalue weighted by atomic mass is 35.5. The molecular weight excluding hydrogens is 292 g/mol. The van der Waals surface area contributed by atoms with Gasteiger partial charge in [-0.15, -0.1) is 0 Å². The van der Waals surface area contributed by atoms with Crippen LogP contribution in [-0.4, -0.2) is 47.6 Å². The summed E-state index contributed by atoms with van der Waals surface area (Å²) in [6.45, 7) is 0.183. The Balaban J connectivity index is 1.88. The number of rotatable bonds is 6. The average Bonchev–Trinajstić information content (AvgIpc) is 2.42. The van der Waals surface area contributed by atoms with Crippen LogP contribution < -0.4 is 5.32 Å². The molecule has 2 rings (SSSR count). The van der Waals surface area contributed by atoms with Crippen LogP contribution >= 0.6 is 11.6 Å². The number of aliphatic hydroxyl groups is 1. The molecule has 2 amide bonds. The Morgan fingerprint density at radius 3 is 2.71 bits per heavy atom. The minimum atomic E-state index is -0.330. The van der Waals surface area contributed by atoms with E-state index in [1.165, 1.54) is 0 Å². The lowest BCUT2D eigenvalue weighted by Crippen LogP contribution is -2.49. The minimum Gasteiger partial charge on any atom is -0.395 e. The van der Waals surface area contributed by atoms with E-state index in [-0.39, 0.29) is 31.0 Å². The first kappa shape index (κ1) is 15.8. The molecule has 1 aliphatic carbocycles. The van der Waals surface area contributed by atoms with Gasteiger partial charge in [-0.2, -0.15) is 0 Å². The maximum absolute atomic E-state index is 12.1. The molecule has 0 aromatic heterocycles. The SMILES string of the molecule is O=C(NCC(=O)N(CCO)C1CCC1)c1cccc(Cl)c1. The number of amides is 2. The highest BCUT2D eigenvalue weighted by Gasteiger charge is 2.28. The largest absolute Gasteiger partial charge is 0.395 e. The van der Waals surface area contributed by atoms with Crippen molar-refractivity contribution in [1.82, 2.24) is 10.2 Å². The maximum atomic E-state index is 12.1. The van der Waals surface area contributed by atoms with Gasteiger partial charge in [0.2, 0.25) is 5.91 Å². The van der Waals surface area contributed by atoms with Crippen LogP contribution in [0.15, 0.2) is 24.3 Å². The third-order valence-corrected chi connectivity index (χ3v) is 3.90. The third-order valence-electron chi connectivity index (χ3n) is 3.66.